The fourth-order valence-corrected chi connectivity index (χ4v) is 6.11. The minimum atomic E-state index is -3.72. The molecule has 2 aliphatic heterocycles. The van der Waals surface area contributed by atoms with Gasteiger partial charge in [-0.05, 0) is 49.7 Å². The van der Waals surface area contributed by atoms with Crippen molar-refractivity contribution in [2.45, 2.75) is 94.6 Å². The lowest BCUT2D eigenvalue weighted by atomic mass is 10.0. The highest BCUT2D eigenvalue weighted by atomic mass is 32.2. The van der Waals surface area contributed by atoms with Crippen LogP contribution in [0.5, 0.6) is 11.6 Å². The molecule has 40 heavy (non-hydrogen) atoms. The highest BCUT2D eigenvalue weighted by Crippen LogP contribution is 2.48. The summed E-state index contributed by atoms with van der Waals surface area (Å²) in [5.41, 5.74) is 1.20. The lowest BCUT2D eigenvalue weighted by Gasteiger charge is -2.38. The van der Waals surface area contributed by atoms with E-state index in [-0.39, 0.29) is 29.3 Å². The molecule has 0 unspecified atom stereocenters. The second-order valence-electron chi connectivity index (χ2n) is 12.4. The molecule has 2 saturated heterocycles. The Morgan fingerprint density at radius 1 is 1.12 bits per heavy atom. The molecule has 4 atom stereocenters. The van der Waals surface area contributed by atoms with Crippen LogP contribution >= 0.6 is 0 Å². The average Bonchev–Trinajstić information content (AvgIpc) is 3.28. The molecule has 4 rings (SSSR count). The Hall–Kier alpha value is -2.13. The summed E-state index contributed by atoms with van der Waals surface area (Å²) >= 11 is 0. The van der Waals surface area contributed by atoms with Crippen LogP contribution in [0.4, 0.5) is 0 Å². The molecule has 1 N–H and O–H groups in total. The van der Waals surface area contributed by atoms with E-state index in [9.17, 15) is 13.6 Å². The number of hydrogen-bond donors (Lipinski definition) is 1. The molecule has 1 aromatic heterocycles. The highest BCUT2D eigenvalue weighted by molar-refractivity contribution is 7.90. The SMILES string of the molecule is COc1ccc(COc2nc(S(C)(=O)=O)ncc2[C@H]2[C@@H]3OC(C)(C)O[C@@H]3[C@@H](CO[Si](C)(C)C(C)(C)C)N2O)cc1. The fourth-order valence-electron chi connectivity index (χ4n) is 4.60. The summed E-state index contributed by atoms with van der Waals surface area (Å²) < 4.78 is 54.9. The number of rotatable bonds is 9. The van der Waals surface area contributed by atoms with Crippen molar-refractivity contribution in [3.8, 4) is 11.6 Å². The molecule has 0 amide bonds. The van der Waals surface area contributed by atoms with Gasteiger partial charge in [0.25, 0.3) is 0 Å². The number of aromatic nitrogens is 2. The van der Waals surface area contributed by atoms with E-state index in [1.165, 1.54) is 6.20 Å². The maximum absolute atomic E-state index is 12.3. The Labute approximate surface area is 237 Å². The third-order valence-corrected chi connectivity index (χ3v) is 13.2. The summed E-state index contributed by atoms with van der Waals surface area (Å²) in [6, 6.07) is 5.95. The van der Waals surface area contributed by atoms with E-state index in [4.69, 9.17) is 23.4 Å². The summed E-state index contributed by atoms with van der Waals surface area (Å²) in [5.74, 6) is -0.166. The number of sulfone groups is 1. The highest BCUT2D eigenvalue weighted by Gasteiger charge is 2.59. The fraction of sp³-hybridized carbons (Fsp3) is 0.630. The zero-order valence-electron chi connectivity index (χ0n) is 24.7. The molecular formula is C27H41N3O8SSi. The van der Waals surface area contributed by atoms with Gasteiger partial charge in [-0.15, -0.1) is 0 Å². The second kappa shape index (κ2) is 10.9. The summed E-state index contributed by atoms with van der Waals surface area (Å²) in [4.78, 5) is 8.37. The second-order valence-corrected chi connectivity index (χ2v) is 19.1. The zero-order chi connectivity index (χ0) is 29.7. The molecule has 0 bridgehead atoms. The van der Waals surface area contributed by atoms with Gasteiger partial charge in [-0.25, -0.2) is 13.4 Å². The minimum Gasteiger partial charge on any atom is -0.497 e. The quantitative estimate of drug-likeness (QED) is 0.332. The molecule has 2 aliphatic rings. The van der Waals surface area contributed by atoms with E-state index >= 15 is 0 Å². The first-order chi connectivity index (χ1) is 18.4. The lowest BCUT2D eigenvalue weighted by Crippen LogP contribution is -2.47. The van der Waals surface area contributed by atoms with Crippen LogP contribution in [0.15, 0.2) is 35.6 Å². The first-order valence-corrected chi connectivity index (χ1v) is 18.0. The van der Waals surface area contributed by atoms with Gasteiger partial charge in [-0.2, -0.15) is 10.0 Å². The number of benzene rings is 1. The monoisotopic (exact) mass is 595 g/mol. The zero-order valence-corrected chi connectivity index (χ0v) is 26.5. The number of hydroxylamine groups is 2. The van der Waals surface area contributed by atoms with Gasteiger partial charge < -0.3 is 28.6 Å². The number of methoxy groups -OCH3 is 1. The first-order valence-electron chi connectivity index (χ1n) is 13.2. The number of fused-ring (bicyclic) bond motifs is 1. The largest absolute Gasteiger partial charge is 0.497 e. The van der Waals surface area contributed by atoms with Crippen molar-refractivity contribution < 1.29 is 37.0 Å². The summed E-state index contributed by atoms with van der Waals surface area (Å²) in [6.45, 7) is 14.7. The van der Waals surface area contributed by atoms with Gasteiger partial charge in [0.15, 0.2) is 14.1 Å². The normalized spacial score (nSPS) is 25.1. The van der Waals surface area contributed by atoms with Crippen molar-refractivity contribution in [2.75, 3.05) is 20.0 Å². The Kier molecular flexibility index (Phi) is 8.42. The predicted molar refractivity (Wildman–Crippen MR) is 150 cm³/mol. The summed E-state index contributed by atoms with van der Waals surface area (Å²) in [6.07, 6.45) is 1.29. The molecule has 0 aliphatic carbocycles. The smallest absolute Gasteiger partial charge is 0.250 e. The Balaban J connectivity index is 1.69. The van der Waals surface area contributed by atoms with Crippen molar-refractivity contribution in [3.05, 3.63) is 41.6 Å². The van der Waals surface area contributed by atoms with Gasteiger partial charge >= 0.3 is 0 Å². The third-order valence-electron chi connectivity index (χ3n) is 7.84. The molecular weight excluding hydrogens is 554 g/mol. The van der Waals surface area contributed by atoms with E-state index in [0.29, 0.717) is 11.3 Å². The lowest BCUT2D eigenvalue weighted by molar-refractivity contribution is -0.220. The van der Waals surface area contributed by atoms with Gasteiger partial charge in [0.2, 0.25) is 20.9 Å². The molecule has 11 nitrogen and oxygen atoms in total. The van der Waals surface area contributed by atoms with E-state index < -0.39 is 48.2 Å². The van der Waals surface area contributed by atoms with E-state index in [1.54, 1.807) is 19.2 Å². The Bertz CT molecular complexity index is 1310. The molecule has 2 fully saturated rings. The van der Waals surface area contributed by atoms with Crippen LogP contribution < -0.4 is 9.47 Å². The Morgan fingerprint density at radius 2 is 1.75 bits per heavy atom. The topological polar surface area (TPSA) is 130 Å². The van der Waals surface area contributed by atoms with E-state index in [0.717, 1.165) is 16.9 Å². The number of nitrogens with zero attached hydrogens (tertiary/aromatic N) is 3. The summed E-state index contributed by atoms with van der Waals surface area (Å²) in [5, 5.41) is 12.3. The predicted octanol–water partition coefficient (Wildman–Crippen LogP) is 4.12. The van der Waals surface area contributed by atoms with Crippen molar-refractivity contribution in [1.82, 2.24) is 15.0 Å². The van der Waals surface area contributed by atoms with Crippen LogP contribution in [0, 0.1) is 0 Å². The number of ether oxygens (including phenoxy) is 4. The maximum atomic E-state index is 12.3. The summed E-state index contributed by atoms with van der Waals surface area (Å²) in [7, 11) is -4.28. The standard InChI is InChI=1S/C27H41N3O8SSi/c1-26(2,3)40(8,9)36-16-20-22-23(38-27(4,5)37-22)21(30(20)31)19-14-28-25(39(7,32)33)29-24(19)35-15-17-10-12-18(34-6)13-11-17/h10-14,20-23,31H,15-16H2,1-9H3/t20-,21+,22-,23+/m1/s1. The van der Waals surface area contributed by atoms with Crippen LogP contribution in [0.2, 0.25) is 18.1 Å². The van der Waals surface area contributed by atoms with Crippen LogP contribution in [0.25, 0.3) is 0 Å². The first kappa shape index (κ1) is 30.8. The maximum Gasteiger partial charge on any atom is 0.250 e. The van der Waals surface area contributed by atoms with Gasteiger partial charge in [-0.1, -0.05) is 32.9 Å². The van der Waals surface area contributed by atoms with Crippen LogP contribution in [-0.4, -0.2) is 81.0 Å². The molecule has 3 heterocycles. The van der Waals surface area contributed by atoms with Gasteiger partial charge in [0.1, 0.15) is 24.6 Å². The van der Waals surface area contributed by atoms with Crippen molar-refractivity contribution >= 4 is 18.2 Å². The third kappa shape index (κ3) is 6.35. The molecule has 0 saturated carbocycles. The van der Waals surface area contributed by atoms with Crippen LogP contribution in [0.3, 0.4) is 0 Å². The molecule has 1 aromatic carbocycles. The van der Waals surface area contributed by atoms with E-state index in [2.05, 4.69) is 43.8 Å². The van der Waals surface area contributed by atoms with Crippen molar-refractivity contribution in [2.24, 2.45) is 0 Å². The van der Waals surface area contributed by atoms with E-state index in [1.807, 2.05) is 26.0 Å². The van der Waals surface area contributed by atoms with Gasteiger partial charge in [-0.3, -0.25) is 0 Å². The average molecular weight is 596 g/mol. The number of hydrogen-bond acceptors (Lipinski definition) is 11. The molecule has 13 heteroatoms. The minimum absolute atomic E-state index is 0.0191. The van der Waals surface area contributed by atoms with Crippen LogP contribution in [0.1, 0.15) is 51.8 Å². The van der Waals surface area contributed by atoms with Crippen molar-refractivity contribution in [3.63, 3.8) is 0 Å². The molecule has 0 spiro atoms. The molecule has 222 valence electrons. The molecule has 2 aromatic rings. The molecule has 0 radical (unpaired) electrons. The Morgan fingerprint density at radius 3 is 2.33 bits per heavy atom. The van der Waals surface area contributed by atoms with Gasteiger partial charge in [0, 0.05) is 12.5 Å². The van der Waals surface area contributed by atoms with Crippen LogP contribution in [-0.2, 0) is 30.3 Å². The van der Waals surface area contributed by atoms with Crippen molar-refractivity contribution in [1.29, 1.82) is 0 Å². The van der Waals surface area contributed by atoms with Gasteiger partial charge in [0.05, 0.1) is 31.4 Å².